The second kappa shape index (κ2) is 5.07. The highest BCUT2D eigenvalue weighted by Crippen LogP contribution is 2.26. The van der Waals surface area contributed by atoms with Gasteiger partial charge in [-0.15, -0.1) is 0 Å². The number of pyridine rings is 1. The van der Waals surface area contributed by atoms with Crippen molar-refractivity contribution in [2.45, 2.75) is 25.4 Å². The predicted octanol–water partition coefficient (Wildman–Crippen LogP) is 1.09. The summed E-state index contributed by atoms with van der Waals surface area (Å²) < 4.78 is 5.33. The standard InChI is InChI=1S/C12H16N2O2/c1-9(15)16-12-8-14-6-4-11(12)10-3-2-5-13-7-10/h2-3,5,7,11-12,14H,4,6,8H2,1H3/t11-,12+/m1/s1. The van der Waals surface area contributed by atoms with Gasteiger partial charge in [0.1, 0.15) is 6.10 Å². The number of esters is 1. The van der Waals surface area contributed by atoms with Gasteiger partial charge in [-0.1, -0.05) is 6.07 Å². The highest BCUT2D eigenvalue weighted by Gasteiger charge is 2.28. The fraction of sp³-hybridized carbons (Fsp3) is 0.500. The van der Waals surface area contributed by atoms with Gasteiger partial charge in [0.2, 0.25) is 0 Å². The zero-order valence-electron chi connectivity index (χ0n) is 9.35. The van der Waals surface area contributed by atoms with Crippen molar-refractivity contribution >= 4 is 5.97 Å². The molecule has 0 spiro atoms. The fourth-order valence-corrected chi connectivity index (χ4v) is 2.14. The second-order valence-corrected chi connectivity index (χ2v) is 4.03. The molecule has 0 aromatic carbocycles. The maximum absolute atomic E-state index is 11.0. The molecule has 0 aliphatic carbocycles. The van der Waals surface area contributed by atoms with Crippen LogP contribution in [0.1, 0.15) is 24.8 Å². The zero-order chi connectivity index (χ0) is 11.4. The molecular weight excluding hydrogens is 204 g/mol. The summed E-state index contributed by atoms with van der Waals surface area (Å²) >= 11 is 0. The van der Waals surface area contributed by atoms with E-state index in [1.54, 1.807) is 6.20 Å². The van der Waals surface area contributed by atoms with Gasteiger partial charge in [-0.25, -0.2) is 0 Å². The molecule has 1 aliphatic rings. The molecule has 2 rings (SSSR count). The summed E-state index contributed by atoms with van der Waals surface area (Å²) in [5.74, 6) is 0.0430. The van der Waals surface area contributed by atoms with Gasteiger partial charge >= 0.3 is 5.97 Å². The molecule has 1 N–H and O–H groups in total. The Bertz CT molecular complexity index is 353. The third-order valence-corrected chi connectivity index (χ3v) is 2.86. The predicted molar refractivity (Wildman–Crippen MR) is 60.0 cm³/mol. The number of piperidine rings is 1. The van der Waals surface area contributed by atoms with Crippen molar-refractivity contribution in [3.63, 3.8) is 0 Å². The van der Waals surface area contributed by atoms with Crippen molar-refractivity contribution in [2.24, 2.45) is 0 Å². The van der Waals surface area contributed by atoms with E-state index >= 15 is 0 Å². The number of nitrogens with zero attached hydrogens (tertiary/aromatic N) is 1. The first-order valence-corrected chi connectivity index (χ1v) is 5.55. The Morgan fingerprint density at radius 2 is 2.50 bits per heavy atom. The minimum atomic E-state index is -0.220. The number of rotatable bonds is 2. The molecule has 86 valence electrons. The van der Waals surface area contributed by atoms with Crippen molar-refractivity contribution in [1.29, 1.82) is 0 Å². The molecule has 4 heteroatoms. The molecule has 1 aromatic heterocycles. The summed E-state index contributed by atoms with van der Waals surface area (Å²) in [4.78, 5) is 15.1. The van der Waals surface area contributed by atoms with Crippen LogP contribution in [0.4, 0.5) is 0 Å². The van der Waals surface area contributed by atoms with Gasteiger partial charge in [-0.3, -0.25) is 9.78 Å². The Morgan fingerprint density at radius 3 is 3.19 bits per heavy atom. The Hall–Kier alpha value is -1.42. The van der Waals surface area contributed by atoms with E-state index in [1.807, 2.05) is 18.3 Å². The van der Waals surface area contributed by atoms with E-state index in [4.69, 9.17) is 4.74 Å². The van der Waals surface area contributed by atoms with Crippen LogP contribution in [0.25, 0.3) is 0 Å². The summed E-state index contributed by atoms with van der Waals surface area (Å²) in [6.45, 7) is 3.13. The normalized spacial score (nSPS) is 25.1. The van der Waals surface area contributed by atoms with Gasteiger partial charge in [-0.2, -0.15) is 0 Å². The number of hydrogen-bond donors (Lipinski definition) is 1. The minimum absolute atomic E-state index is 0.0737. The molecule has 0 bridgehead atoms. The van der Waals surface area contributed by atoms with Gasteiger partial charge in [0.05, 0.1) is 0 Å². The van der Waals surface area contributed by atoms with Crippen LogP contribution >= 0.6 is 0 Å². The molecular formula is C12H16N2O2. The minimum Gasteiger partial charge on any atom is -0.461 e. The molecule has 0 amide bonds. The van der Waals surface area contributed by atoms with Gasteiger partial charge in [0.15, 0.2) is 0 Å². The first-order valence-electron chi connectivity index (χ1n) is 5.55. The molecule has 2 heterocycles. The van der Waals surface area contributed by atoms with E-state index in [-0.39, 0.29) is 18.0 Å². The van der Waals surface area contributed by atoms with Crippen LogP contribution in [0.15, 0.2) is 24.5 Å². The lowest BCUT2D eigenvalue weighted by Crippen LogP contribution is -2.41. The molecule has 16 heavy (non-hydrogen) atoms. The van der Waals surface area contributed by atoms with Crippen LogP contribution in [0, 0.1) is 0 Å². The third-order valence-electron chi connectivity index (χ3n) is 2.86. The van der Waals surface area contributed by atoms with Crippen LogP contribution in [-0.2, 0) is 9.53 Å². The third kappa shape index (κ3) is 2.58. The highest BCUT2D eigenvalue weighted by molar-refractivity contribution is 5.66. The van der Waals surface area contributed by atoms with Crippen LogP contribution < -0.4 is 5.32 Å². The maximum atomic E-state index is 11.0. The number of ether oxygens (including phenoxy) is 1. The van der Waals surface area contributed by atoms with Crippen LogP contribution in [0.2, 0.25) is 0 Å². The van der Waals surface area contributed by atoms with Crippen LogP contribution in [0.5, 0.6) is 0 Å². The number of aromatic nitrogens is 1. The number of carbonyl (C=O) groups is 1. The van der Waals surface area contributed by atoms with Crippen molar-refractivity contribution < 1.29 is 9.53 Å². The fourth-order valence-electron chi connectivity index (χ4n) is 2.14. The smallest absolute Gasteiger partial charge is 0.302 e. The molecule has 0 radical (unpaired) electrons. The lowest BCUT2D eigenvalue weighted by molar-refractivity contribution is -0.148. The Kier molecular flexibility index (Phi) is 3.51. The van der Waals surface area contributed by atoms with E-state index in [9.17, 15) is 4.79 Å². The van der Waals surface area contributed by atoms with Gasteiger partial charge in [-0.05, 0) is 24.6 Å². The Morgan fingerprint density at radius 1 is 1.62 bits per heavy atom. The first-order chi connectivity index (χ1) is 7.77. The quantitative estimate of drug-likeness (QED) is 0.758. The Labute approximate surface area is 95.0 Å². The summed E-state index contributed by atoms with van der Waals surface area (Å²) in [5, 5.41) is 3.24. The topological polar surface area (TPSA) is 51.2 Å². The summed E-state index contributed by atoms with van der Waals surface area (Å²) in [7, 11) is 0. The van der Waals surface area contributed by atoms with Gasteiger partial charge in [0.25, 0.3) is 0 Å². The molecule has 0 saturated carbocycles. The monoisotopic (exact) mass is 220 g/mol. The zero-order valence-corrected chi connectivity index (χ0v) is 9.35. The van der Waals surface area contributed by atoms with Gasteiger partial charge in [0, 0.05) is 31.8 Å². The van der Waals surface area contributed by atoms with E-state index in [1.165, 1.54) is 6.92 Å². The van der Waals surface area contributed by atoms with E-state index in [2.05, 4.69) is 10.3 Å². The molecule has 1 saturated heterocycles. The molecule has 2 atom stereocenters. The van der Waals surface area contributed by atoms with Crippen molar-refractivity contribution in [3.05, 3.63) is 30.1 Å². The maximum Gasteiger partial charge on any atom is 0.302 e. The average Bonchev–Trinajstić information content (AvgIpc) is 2.30. The van der Waals surface area contributed by atoms with Gasteiger partial charge < -0.3 is 10.1 Å². The number of carbonyl (C=O) groups excluding carboxylic acids is 1. The summed E-state index contributed by atoms with van der Waals surface area (Å²) in [6.07, 6.45) is 4.51. The highest BCUT2D eigenvalue weighted by atomic mass is 16.5. The first kappa shape index (κ1) is 11.1. The largest absolute Gasteiger partial charge is 0.461 e. The van der Waals surface area contributed by atoms with Crippen molar-refractivity contribution in [2.75, 3.05) is 13.1 Å². The summed E-state index contributed by atoms with van der Waals surface area (Å²) in [6, 6.07) is 3.96. The summed E-state index contributed by atoms with van der Waals surface area (Å²) in [5.41, 5.74) is 1.15. The van der Waals surface area contributed by atoms with Crippen molar-refractivity contribution in [3.8, 4) is 0 Å². The second-order valence-electron chi connectivity index (χ2n) is 4.03. The lowest BCUT2D eigenvalue weighted by atomic mass is 9.89. The molecule has 1 fully saturated rings. The number of nitrogens with one attached hydrogen (secondary N) is 1. The SMILES string of the molecule is CC(=O)O[C@H]1CNCC[C@@H]1c1cccnc1. The molecule has 1 aliphatic heterocycles. The average molecular weight is 220 g/mol. The van der Waals surface area contributed by atoms with Crippen LogP contribution in [0.3, 0.4) is 0 Å². The van der Waals surface area contributed by atoms with Crippen LogP contribution in [-0.4, -0.2) is 30.1 Å². The molecule has 0 unspecified atom stereocenters. The number of hydrogen-bond acceptors (Lipinski definition) is 4. The van der Waals surface area contributed by atoms with E-state index < -0.39 is 0 Å². The van der Waals surface area contributed by atoms with E-state index in [0.29, 0.717) is 0 Å². The van der Waals surface area contributed by atoms with E-state index in [0.717, 1.165) is 25.1 Å². The molecule has 4 nitrogen and oxygen atoms in total. The Balaban J connectivity index is 2.13. The molecule has 1 aromatic rings. The van der Waals surface area contributed by atoms with Crippen molar-refractivity contribution in [1.82, 2.24) is 10.3 Å². The lowest BCUT2D eigenvalue weighted by Gasteiger charge is -2.31.